The minimum Gasteiger partial charge on any atom is -0.311 e. The van der Waals surface area contributed by atoms with Gasteiger partial charge < -0.3 is 5.32 Å². The average Bonchev–Trinajstić information content (AvgIpc) is 3.20. The third kappa shape index (κ3) is 4.11. The van der Waals surface area contributed by atoms with E-state index in [-0.39, 0.29) is 11.7 Å². The van der Waals surface area contributed by atoms with Gasteiger partial charge in [0.15, 0.2) is 0 Å². The average molecular weight is 358 g/mol. The van der Waals surface area contributed by atoms with Crippen molar-refractivity contribution in [3.05, 3.63) is 47.2 Å². The summed E-state index contributed by atoms with van der Waals surface area (Å²) in [5.41, 5.74) is 2.38. The van der Waals surface area contributed by atoms with E-state index in [4.69, 9.17) is 0 Å². The molecule has 0 radical (unpaired) electrons. The van der Waals surface area contributed by atoms with Crippen LogP contribution >= 0.6 is 11.3 Å². The van der Waals surface area contributed by atoms with Gasteiger partial charge in [-0.15, -0.1) is 11.3 Å². The Bertz CT molecular complexity index is 870. The zero-order valence-corrected chi connectivity index (χ0v) is 14.9. The second kappa shape index (κ2) is 7.57. The van der Waals surface area contributed by atoms with Gasteiger partial charge in [0, 0.05) is 23.4 Å². The number of hydrogen-bond donors (Lipinski definition) is 1. The maximum absolute atomic E-state index is 13.1. The molecule has 0 saturated carbocycles. The van der Waals surface area contributed by atoms with Crippen LogP contribution in [-0.2, 0) is 4.79 Å². The van der Waals surface area contributed by atoms with E-state index in [2.05, 4.69) is 15.4 Å². The Morgan fingerprint density at radius 2 is 2.08 bits per heavy atom. The highest BCUT2D eigenvalue weighted by Gasteiger charge is 2.14. The van der Waals surface area contributed by atoms with Crippen LogP contribution in [0.3, 0.4) is 0 Å². The number of thiazole rings is 1. The topological polar surface area (TPSA) is 59.8 Å². The molecule has 3 aromatic rings. The SMILES string of the molecule is CCCCC(=O)Nc1cc(C)nn1-c1nc(-c2ccc(F)cc2)cs1. The molecule has 0 fully saturated rings. The van der Waals surface area contributed by atoms with Gasteiger partial charge in [0.05, 0.1) is 11.4 Å². The number of nitrogens with zero attached hydrogens (tertiary/aromatic N) is 3. The van der Waals surface area contributed by atoms with Crippen molar-refractivity contribution >= 4 is 23.1 Å². The lowest BCUT2D eigenvalue weighted by molar-refractivity contribution is -0.116. The lowest BCUT2D eigenvalue weighted by atomic mass is 10.2. The maximum atomic E-state index is 13.1. The summed E-state index contributed by atoms with van der Waals surface area (Å²) < 4.78 is 14.7. The highest BCUT2D eigenvalue weighted by Crippen LogP contribution is 2.26. The van der Waals surface area contributed by atoms with E-state index in [1.165, 1.54) is 23.5 Å². The van der Waals surface area contributed by atoms with Crippen LogP contribution in [0.4, 0.5) is 10.2 Å². The zero-order chi connectivity index (χ0) is 17.8. The number of nitrogens with one attached hydrogen (secondary N) is 1. The first kappa shape index (κ1) is 17.3. The van der Waals surface area contributed by atoms with Crippen LogP contribution in [0.2, 0.25) is 0 Å². The number of benzene rings is 1. The van der Waals surface area contributed by atoms with Gasteiger partial charge >= 0.3 is 0 Å². The minimum absolute atomic E-state index is 0.0293. The van der Waals surface area contributed by atoms with Gasteiger partial charge in [-0.05, 0) is 37.6 Å². The lowest BCUT2D eigenvalue weighted by Crippen LogP contribution is -2.14. The van der Waals surface area contributed by atoms with Gasteiger partial charge in [-0.2, -0.15) is 9.78 Å². The molecule has 1 aromatic carbocycles. The molecule has 1 N–H and O–H groups in total. The van der Waals surface area contributed by atoms with E-state index in [1.54, 1.807) is 16.8 Å². The predicted octanol–water partition coefficient (Wildman–Crippen LogP) is 4.57. The Balaban J connectivity index is 1.85. The molecule has 25 heavy (non-hydrogen) atoms. The molecule has 0 spiro atoms. The van der Waals surface area contributed by atoms with Crippen molar-refractivity contribution in [2.24, 2.45) is 0 Å². The fraction of sp³-hybridized carbons (Fsp3) is 0.278. The molecule has 7 heteroatoms. The van der Waals surface area contributed by atoms with Crippen LogP contribution in [0.15, 0.2) is 35.7 Å². The first-order chi connectivity index (χ1) is 12.1. The number of amides is 1. The van der Waals surface area contributed by atoms with Gasteiger partial charge in [0.2, 0.25) is 11.0 Å². The summed E-state index contributed by atoms with van der Waals surface area (Å²) in [4.78, 5) is 16.6. The summed E-state index contributed by atoms with van der Waals surface area (Å²) in [5, 5.41) is 9.87. The van der Waals surface area contributed by atoms with Crippen LogP contribution in [0, 0.1) is 12.7 Å². The Morgan fingerprint density at radius 1 is 1.32 bits per heavy atom. The summed E-state index contributed by atoms with van der Waals surface area (Å²) in [7, 11) is 0. The quantitative estimate of drug-likeness (QED) is 0.702. The molecule has 0 aliphatic carbocycles. The number of rotatable bonds is 6. The first-order valence-corrected chi connectivity index (χ1v) is 9.03. The van der Waals surface area contributed by atoms with Gasteiger partial charge in [-0.25, -0.2) is 9.37 Å². The van der Waals surface area contributed by atoms with Crippen molar-refractivity contribution in [2.75, 3.05) is 5.32 Å². The number of carbonyl (C=O) groups excluding carboxylic acids is 1. The summed E-state index contributed by atoms with van der Waals surface area (Å²) in [6, 6.07) is 8.02. The highest BCUT2D eigenvalue weighted by atomic mass is 32.1. The van der Waals surface area contributed by atoms with Crippen LogP contribution in [0.25, 0.3) is 16.4 Å². The molecule has 0 aliphatic heterocycles. The number of hydrogen-bond acceptors (Lipinski definition) is 4. The van der Waals surface area contributed by atoms with Crippen molar-refractivity contribution in [2.45, 2.75) is 33.1 Å². The molecule has 2 aromatic heterocycles. The molecule has 5 nitrogen and oxygen atoms in total. The fourth-order valence-corrected chi connectivity index (χ4v) is 3.19. The second-order valence-electron chi connectivity index (χ2n) is 5.76. The standard InChI is InChI=1S/C18H19FN4OS/c1-3-4-5-17(24)21-16-10-12(2)22-23(16)18-20-15(11-25-18)13-6-8-14(19)9-7-13/h6-11H,3-5H2,1-2H3,(H,21,24). The molecule has 0 atom stereocenters. The molecule has 2 heterocycles. The maximum Gasteiger partial charge on any atom is 0.225 e. The third-order valence-electron chi connectivity index (χ3n) is 3.67. The van der Waals surface area contributed by atoms with E-state index in [1.807, 2.05) is 25.3 Å². The van der Waals surface area contributed by atoms with Crippen molar-refractivity contribution in [3.8, 4) is 16.4 Å². The van der Waals surface area contributed by atoms with Crippen LogP contribution in [0.1, 0.15) is 31.9 Å². The number of aryl methyl sites for hydroxylation is 1. The Morgan fingerprint density at radius 3 is 2.80 bits per heavy atom. The number of carbonyl (C=O) groups is 1. The number of aromatic nitrogens is 3. The summed E-state index contributed by atoms with van der Waals surface area (Å²) in [6.45, 7) is 3.92. The van der Waals surface area contributed by atoms with Crippen molar-refractivity contribution < 1.29 is 9.18 Å². The molecule has 130 valence electrons. The second-order valence-corrected chi connectivity index (χ2v) is 6.59. The molecule has 1 amide bonds. The van der Waals surface area contributed by atoms with Crippen LogP contribution in [-0.4, -0.2) is 20.7 Å². The Kier molecular flexibility index (Phi) is 5.23. The number of halogens is 1. The van der Waals surface area contributed by atoms with Crippen molar-refractivity contribution in [1.29, 1.82) is 0 Å². The van der Waals surface area contributed by atoms with Gasteiger partial charge in [0.25, 0.3) is 0 Å². The van der Waals surface area contributed by atoms with Crippen molar-refractivity contribution in [3.63, 3.8) is 0 Å². The molecule has 0 unspecified atom stereocenters. The molecular formula is C18H19FN4OS. The minimum atomic E-state index is -0.279. The van der Waals surface area contributed by atoms with E-state index >= 15 is 0 Å². The van der Waals surface area contributed by atoms with Gasteiger partial charge in [0.1, 0.15) is 11.6 Å². The van der Waals surface area contributed by atoms with E-state index in [0.717, 1.165) is 29.8 Å². The smallest absolute Gasteiger partial charge is 0.225 e. The zero-order valence-electron chi connectivity index (χ0n) is 14.1. The van der Waals surface area contributed by atoms with Crippen LogP contribution < -0.4 is 5.32 Å². The molecule has 3 rings (SSSR count). The fourth-order valence-electron chi connectivity index (χ4n) is 2.39. The van der Waals surface area contributed by atoms with Crippen molar-refractivity contribution in [1.82, 2.24) is 14.8 Å². The third-order valence-corrected chi connectivity index (χ3v) is 4.49. The van der Waals surface area contributed by atoms with E-state index in [0.29, 0.717) is 17.4 Å². The largest absolute Gasteiger partial charge is 0.311 e. The summed E-state index contributed by atoms with van der Waals surface area (Å²) in [6.07, 6.45) is 2.31. The monoisotopic (exact) mass is 358 g/mol. The Labute approximate surface area is 149 Å². The Hall–Kier alpha value is -2.54. The van der Waals surface area contributed by atoms with Crippen LogP contribution in [0.5, 0.6) is 0 Å². The predicted molar refractivity (Wildman–Crippen MR) is 97.5 cm³/mol. The van der Waals surface area contributed by atoms with Gasteiger partial charge in [-0.1, -0.05) is 13.3 Å². The molecule has 0 aliphatic rings. The molecular weight excluding hydrogens is 339 g/mol. The van der Waals surface area contributed by atoms with E-state index < -0.39 is 0 Å². The van der Waals surface area contributed by atoms with E-state index in [9.17, 15) is 9.18 Å². The first-order valence-electron chi connectivity index (χ1n) is 8.15. The summed E-state index contributed by atoms with van der Waals surface area (Å²) in [5.74, 6) is 0.302. The summed E-state index contributed by atoms with van der Waals surface area (Å²) >= 11 is 1.42. The number of unbranched alkanes of at least 4 members (excludes halogenated alkanes) is 1. The number of anilines is 1. The lowest BCUT2D eigenvalue weighted by Gasteiger charge is -2.06. The highest BCUT2D eigenvalue weighted by molar-refractivity contribution is 7.12. The van der Waals surface area contributed by atoms with Gasteiger partial charge in [-0.3, -0.25) is 4.79 Å². The normalized spacial score (nSPS) is 10.8. The molecule has 0 saturated heterocycles. The molecule has 0 bridgehead atoms.